The number of cyclic esters (lactones) is 1. The molecule has 0 spiro atoms. The van der Waals surface area contributed by atoms with Gasteiger partial charge >= 0.3 is 11.7 Å². The lowest BCUT2D eigenvalue weighted by molar-refractivity contribution is -0.385. The molecule has 1 aliphatic rings. The molecular formula is C21H13FN2O5. The smallest absolute Gasteiger partial charge is 0.339 e. The van der Waals surface area contributed by atoms with E-state index in [-0.39, 0.29) is 23.7 Å². The molecule has 7 nitrogen and oxygen atoms in total. The third-order valence-corrected chi connectivity index (χ3v) is 4.31. The number of hydrogen-bond donors (Lipinski definition) is 0. The van der Waals surface area contributed by atoms with Gasteiger partial charge in [-0.3, -0.25) is 10.1 Å². The van der Waals surface area contributed by atoms with Crippen LogP contribution in [0.2, 0.25) is 0 Å². The Morgan fingerprint density at radius 1 is 1.10 bits per heavy atom. The van der Waals surface area contributed by atoms with Gasteiger partial charge in [0.1, 0.15) is 6.61 Å². The minimum Gasteiger partial charge on any atom is -0.457 e. The van der Waals surface area contributed by atoms with Gasteiger partial charge in [-0.15, -0.1) is 0 Å². The SMILES string of the molecule is O=C1OC/C(=C\c2ccccc2)c2cc(Oc3cccnc3F)c([N+](=O)[O-])cc21. The number of carbonyl (C=O) groups is 1. The lowest BCUT2D eigenvalue weighted by Crippen LogP contribution is -2.17. The summed E-state index contributed by atoms with van der Waals surface area (Å²) in [6.45, 7) is -0.000762. The van der Waals surface area contributed by atoms with E-state index in [9.17, 15) is 19.3 Å². The topological polar surface area (TPSA) is 91.6 Å². The first-order valence-corrected chi connectivity index (χ1v) is 8.57. The second kappa shape index (κ2) is 7.51. The van der Waals surface area contributed by atoms with Crippen LogP contribution in [0.25, 0.3) is 11.6 Å². The molecule has 0 fully saturated rings. The molecule has 0 amide bonds. The van der Waals surface area contributed by atoms with Gasteiger partial charge < -0.3 is 9.47 Å². The molecule has 2 heterocycles. The molecule has 1 aliphatic heterocycles. The molecule has 0 saturated heterocycles. The van der Waals surface area contributed by atoms with Crippen LogP contribution in [-0.2, 0) is 4.74 Å². The summed E-state index contributed by atoms with van der Waals surface area (Å²) >= 11 is 0. The van der Waals surface area contributed by atoms with Crippen LogP contribution >= 0.6 is 0 Å². The second-order valence-corrected chi connectivity index (χ2v) is 6.17. The number of nitro groups is 1. The third-order valence-electron chi connectivity index (χ3n) is 4.31. The molecule has 144 valence electrons. The largest absolute Gasteiger partial charge is 0.457 e. The molecule has 8 heteroatoms. The summed E-state index contributed by atoms with van der Waals surface area (Å²) in [7, 11) is 0. The maximum Gasteiger partial charge on any atom is 0.339 e. The molecule has 29 heavy (non-hydrogen) atoms. The second-order valence-electron chi connectivity index (χ2n) is 6.17. The summed E-state index contributed by atoms with van der Waals surface area (Å²) in [6, 6.07) is 14.5. The van der Waals surface area contributed by atoms with Crippen LogP contribution in [0.3, 0.4) is 0 Å². The van der Waals surface area contributed by atoms with Crippen molar-refractivity contribution in [1.82, 2.24) is 4.98 Å². The van der Waals surface area contributed by atoms with E-state index < -0.39 is 22.5 Å². The number of ether oxygens (including phenoxy) is 2. The molecular weight excluding hydrogens is 379 g/mol. The number of aromatic nitrogens is 1. The highest BCUT2D eigenvalue weighted by atomic mass is 19.1. The van der Waals surface area contributed by atoms with Gasteiger partial charge in [0.2, 0.25) is 5.75 Å². The number of halogens is 1. The number of rotatable bonds is 4. The van der Waals surface area contributed by atoms with E-state index in [0.717, 1.165) is 11.6 Å². The quantitative estimate of drug-likeness (QED) is 0.278. The zero-order chi connectivity index (χ0) is 20.4. The van der Waals surface area contributed by atoms with E-state index in [1.54, 1.807) is 0 Å². The van der Waals surface area contributed by atoms with E-state index in [4.69, 9.17) is 9.47 Å². The molecule has 0 saturated carbocycles. The standard InChI is InChI=1S/C21H13FN2O5/c22-20-18(7-4-8-23-20)29-19-11-15-14(9-13-5-2-1-3-6-13)12-28-21(25)16(15)10-17(19)24(26)27/h1-11H,12H2/b14-9+. The van der Waals surface area contributed by atoms with Crippen molar-refractivity contribution in [2.45, 2.75) is 0 Å². The highest BCUT2D eigenvalue weighted by molar-refractivity contribution is 6.02. The fourth-order valence-electron chi connectivity index (χ4n) is 2.96. The van der Waals surface area contributed by atoms with Crippen molar-refractivity contribution >= 4 is 23.3 Å². The monoisotopic (exact) mass is 392 g/mol. The van der Waals surface area contributed by atoms with Crippen molar-refractivity contribution in [3.05, 3.63) is 93.5 Å². The predicted octanol–water partition coefficient (Wildman–Crippen LogP) is 4.63. The van der Waals surface area contributed by atoms with E-state index in [2.05, 4.69) is 4.98 Å². The van der Waals surface area contributed by atoms with Gasteiger partial charge in [-0.25, -0.2) is 9.78 Å². The van der Waals surface area contributed by atoms with Gasteiger partial charge in [-0.2, -0.15) is 4.39 Å². The maximum atomic E-state index is 13.9. The predicted molar refractivity (Wildman–Crippen MR) is 102 cm³/mol. The number of carbonyl (C=O) groups excluding carboxylic acids is 1. The van der Waals surface area contributed by atoms with Gasteiger partial charge in [0.15, 0.2) is 5.75 Å². The highest BCUT2D eigenvalue weighted by Gasteiger charge is 2.29. The van der Waals surface area contributed by atoms with Crippen molar-refractivity contribution in [2.75, 3.05) is 6.61 Å². The highest BCUT2D eigenvalue weighted by Crippen LogP contribution is 2.39. The first-order valence-electron chi connectivity index (χ1n) is 8.57. The summed E-state index contributed by atoms with van der Waals surface area (Å²) in [5.41, 5.74) is 1.49. The Labute approximate surface area is 164 Å². The molecule has 0 atom stereocenters. The van der Waals surface area contributed by atoms with E-state index >= 15 is 0 Å². The number of pyridine rings is 1. The molecule has 0 N–H and O–H groups in total. The van der Waals surface area contributed by atoms with Gasteiger partial charge in [0, 0.05) is 12.3 Å². The van der Waals surface area contributed by atoms with Crippen LogP contribution in [0.5, 0.6) is 11.5 Å². The first kappa shape index (κ1) is 18.3. The fraction of sp³-hybridized carbons (Fsp3) is 0.0476. The van der Waals surface area contributed by atoms with Gasteiger partial charge in [-0.05, 0) is 41.0 Å². The minimum absolute atomic E-state index is 0.000762. The number of nitro benzene ring substituents is 1. The fourth-order valence-corrected chi connectivity index (χ4v) is 2.96. The first-order chi connectivity index (χ1) is 14.0. The van der Waals surface area contributed by atoms with Crippen LogP contribution in [0.4, 0.5) is 10.1 Å². The van der Waals surface area contributed by atoms with Crippen molar-refractivity contribution in [3.63, 3.8) is 0 Å². The average molecular weight is 392 g/mol. The Hall–Kier alpha value is -4.07. The summed E-state index contributed by atoms with van der Waals surface area (Å²) in [6.07, 6.45) is 3.05. The Kier molecular flexibility index (Phi) is 4.74. The molecule has 1 aromatic heterocycles. The van der Waals surface area contributed by atoms with Gasteiger partial charge in [0.05, 0.1) is 10.5 Å². The summed E-state index contributed by atoms with van der Waals surface area (Å²) in [5.74, 6) is -2.04. The molecule has 2 aromatic carbocycles. The third kappa shape index (κ3) is 3.68. The van der Waals surface area contributed by atoms with Crippen molar-refractivity contribution in [3.8, 4) is 11.5 Å². The lowest BCUT2D eigenvalue weighted by atomic mass is 9.95. The van der Waals surface area contributed by atoms with Crippen LogP contribution < -0.4 is 4.74 Å². The average Bonchev–Trinajstić information content (AvgIpc) is 2.72. The normalized spacial score (nSPS) is 14.2. The van der Waals surface area contributed by atoms with Crippen LogP contribution in [-0.4, -0.2) is 22.5 Å². The zero-order valence-electron chi connectivity index (χ0n) is 14.9. The van der Waals surface area contributed by atoms with Crippen molar-refractivity contribution in [1.29, 1.82) is 0 Å². The number of esters is 1. The Bertz CT molecular complexity index is 1150. The zero-order valence-corrected chi connectivity index (χ0v) is 14.9. The minimum atomic E-state index is -0.904. The van der Waals surface area contributed by atoms with Crippen LogP contribution in [0, 0.1) is 16.1 Å². The van der Waals surface area contributed by atoms with Gasteiger partial charge in [0.25, 0.3) is 5.95 Å². The number of nitrogens with zero attached hydrogens (tertiary/aromatic N) is 2. The van der Waals surface area contributed by atoms with Crippen molar-refractivity contribution in [2.24, 2.45) is 0 Å². The Morgan fingerprint density at radius 3 is 2.62 bits per heavy atom. The van der Waals surface area contributed by atoms with Crippen molar-refractivity contribution < 1.29 is 23.6 Å². The Morgan fingerprint density at radius 2 is 1.90 bits per heavy atom. The van der Waals surface area contributed by atoms with E-state index in [1.165, 1.54) is 24.4 Å². The molecule has 3 aromatic rings. The van der Waals surface area contributed by atoms with Crippen LogP contribution in [0.15, 0.2) is 60.8 Å². The molecule has 4 rings (SSSR count). The summed E-state index contributed by atoms with van der Waals surface area (Å²) < 4.78 is 24.5. The van der Waals surface area contributed by atoms with E-state index in [1.807, 2.05) is 36.4 Å². The molecule has 0 aliphatic carbocycles. The maximum absolute atomic E-state index is 13.9. The summed E-state index contributed by atoms with van der Waals surface area (Å²) in [4.78, 5) is 26.5. The Balaban J connectivity index is 1.86. The summed E-state index contributed by atoms with van der Waals surface area (Å²) in [5, 5.41) is 11.5. The number of hydrogen-bond acceptors (Lipinski definition) is 6. The van der Waals surface area contributed by atoms with E-state index in [0.29, 0.717) is 11.1 Å². The van der Waals surface area contributed by atoms with Gasteiger partial charge in [-0.1, -0.05) is 30.3 Å². The number of benzene rings is 2. The molecule has 0 radical (unpaired) electrons. The van der Waals surface area contributed by atoms with Crippen LogP contribution in [0.1, 0.15) is 21.5 Å². The molecule has 0 bridgehead atoms. The lowest BCUT2D eigenvalue weighted by Gasteiger charge is -2.20. The number of fused-ring (bicyclic) bond motifs is 1. The molecule has 0 unspecified atom stereocenters.